The van der Waals surface area contributed by atoms with Gasteiger partial charge in [0, 0.05) is 6.04 Å². The quantitative estimate of drug-likeness (QED) is 0.718. The van der Waals surface area contributed by atoms with Crippen molar-refractivity contribution in [3.63, 3.8) is 0 Å². The summed E-state index contributed by atoms with van der Waals surface area (Å²) in [6.45, 7) is 0. The number of nitrogens with one attached hydrogen (secondary N) is 1. The summed E-state index contributed by atoms with van der Waals surface area (Å²) in [6, 6.07) is 4.62. The lowest BCUT2D eigenvalue weighted by Crippen LogP contribution is -2.35. The Hall–Kier alpha value is -1.71. The summed E-state index contributed by atoms with van der Waals surface area (Å²) in [5, 5.41) is 22.1. The Morgan fingerprint density at radius 2 is 1.68 bits per heavy atom. The van der Waals surface area contributed by atoms with E-state index in [1.54, 1.807) is 6.07 Å². The van der Waals surface area contributed by atoms with E-state index < -0.39 is 0 Å². The van der Waals surface area contributed by atoms with Gasteiger partial charge in [0.05, 0.1) is 5.56 Å². The number of phenolic OH excluding ortho intramolecular Hbond substituents is 2. The van der Waals surface area contributed by atoms with E-state index >= 15 is 0 Å². The highest BCUT2D eigenvalue weighted by atomic mass is 16.3. The summed E-state index contributed by atoms with van der Waals surface area (Å²) in [7, 11) is 0. The minimum Gasteiger partial charge on any atom is -0.504 e. The number of para-hydroxylation sites is 1. The van der Waals surface area contributed by atoms with Crippen molar-refractivity contribution in [2.24, 2.45) is 0 Å². The number of amides is 1. The van der Waals surface area contributed by atoms with Crippen molar-refractivity contribution >= 4 is 5.91 Å². The molecule has 19 heavy (non-hydrogen) atoms. The second-order valence-corrected chi connectivity index (χ2v) is 5.19. The van der Waals surface area contributed by atoms with Gasteiger partial charge in [-0.2, -0.15) is 0 Å². The van der Waals surface area contributed by atoms with Crippen LogP contribution < -0.4 is 5.32 Å². The average Bonchev–Trinajstić information content (AvgIpc) is 2.35. The summed E-state index contributed by atoms with van der Waals surface area (Å²) in [5.41, 5.74) is 0.141. The molecule has 1 amide bonds. The van der Waals surface area contributed by atoms with E-state index in [1.165, 1.54) is 31.4 Å². The third-order valence-corrected chi connectivity index (χ3v) is 3.70. The van der Waals surface area contributed by atoms with Gasteiger partial charge < -0.3 is 15.5 Å². The van der Waals surface area contributed by atoms with Crippen LogP contribution in [-0.2, 0) is 0 Å². The predicted octanol–water partition coefficient (Wildman–Crippen LogP) is 2.94. The van der Waals surface area contributed by atoms with Crippen LogP contribution in [0.15, 0.2) is 18.2 Å². The summed E-state index contributed by atoms with van der Waals surface area (Å²) in [6.07, 6.45) is 7.99. The molecular weight excluding hydrogens is 242 g/mol. The van der Waals surface area contributed by atoms with Crippen molar-refractivity contribution in [2.75, 3.05) is 0 Å². The van der Waals surface area contributed by atoms with Gasteiger partial charge >= 0.3 is 0 Å². The van der Waals surface area contributed by atoms with Crippen molar-refractivity contribution in [3.05, 3.63) is 23.8 Å². The summed E-state index contributed by atoms with van der Waals surface area (Å²) in [4.78, 5) is 12.1. The van der Waals surface area contributed by atoms with Crippen molar-refractivity contribution in [3.8, 4) is 11.5 Å². The SMILES string of the molecule is O=C(NC1CCCCCCC1)c1cccc(O)c1O. The summed E-state index contributed by atoms with van der Waals surface area (Å²) in [5.74, 6) is -0.907. The number of benzene rings is 1. The minimum atomic E-state index is -0.342. The Balaban J connectivity index is 2.01. The lowest BCUT2D eigenvalue weighted by atomic mass is 9.96. The maximum Gasteiger partial charge on any atom is 0.255 e. The van der Waals surface area contributed by atoms with Gasteiger partial charge in [-0.05, 0) is 25.0 Å². The Morgan fingerprint density at radius 3 is 2.37 bits per heavy atom. The largest absolute Gasteiger partial charge is 0.504 e. The third kappa shape index (κ3) is 3.63. The minimum absolute atomic E-state index is 0.141. The van der Waals surface area contributed by atoms with Gasteiger partial charge in [0.1, 0.15) is 0 Å². The normalized spacial score (nSPS) is 17.5. The first-order valence-electron chi connectivity index (χ1n) is 7.00. The molecule has 0 aliphatic heterocycles. The lowest BCUT2D eigenvalue weighted by Gasteiger charge is -2.21. The third-order valence-electron chi connectivity index (χ3n) is 3.70. The zero-order valence-electron chi connectivity index (χ0n) is 11.1. The molecule has 3 N–H and O–H groups in total. The number of phenols is 2. The van der Waals surface area contributed by atoms with Gasteiger partial charge in [-0.15, -0.1) is 0 Å². The number of aromatic hydroxyl groups is 2. The van der Waals surface area contributed by atoms with Crippen LogP contribution in [0.5, 0.6) is 11.5 Å². The van der Waals surface area contributed by atoms with Crippen LogP contribution in [0.1, 0.15) is 55.3 Å². The van der Waals surface area contributed by atoms with E-state index in [2.05, 4.69) is 5.32 Å². The second-order valence-electron chi connectivity index (χ2n) is 5.19. The van der Waals surface area contributed by atoms with Crippen LogP contribution in [-0.4, -0.2) is 22.2 Å². The molecule has 0 radical (unpaired) electrons. The maximum atomic E-state index is 12.1. The predicted molar refractivity (Wildman–Crippen MR) is 73.3 cm³/mol. The molecule has 1 saturated carbocycles. The van der Waals surface area contributed by atoms with E-state index in [-0.39, 0.29) is 29.0 Å². The van der Waals surface area contributed by atoms with Crippen LogP contribution in [0, 0.1) is 0 Å². The number of rotatable bonds is 2. The van der Waals surface area contributed by atoms with Crippen LogP contribution in [0.4, 0.5) is 0 Å². The molecule has 104 valence electrons. The molecule has 1 aromatic carbocycles. The molecule has 0 spiro atoms. The van der Waals surface area contributed by atoms with Gasteiger partial charge in [0.2, 0.25) is 0 Å². The van der Waals surface area contributed by atoms with Crippen molar-refractivity contribution in [1.29, 1.82) is 0 Å². The highest BCUT2D eigenvalue weighted by molar-refractivity contribution is 5.97. The fraction of sp³-hybridized carbons (Fsp3) is 0.533. The Morgan fingerprint density at radius 1 is 1.05 bits per heavy atom. The fourth-order valence-corrected chi connectivity index (χ4v) is 2.58. The first kappa shape index (κ1) is 13.7. The zero-order valence-corrected chi connectivity index (χ0v) is 11.1. The lowest BCUT2D eigenvalue weighted by molar-refractivity contribution is 0.0927. The van der Waals surface area contributed by atoms with Gasteiger partial charge in [-0.25, -0.2) is 0 Å². The van der Waals surface area contributed by atoms with Crippen molar-refractivity contribution < 1.29 is 15.0 Å². The Labute approximate surface area is 113 Å². The Bertz CT molecular complexity index is 437. The first-order valence-corrected chi connectivity index (χ1v) is 7.00. The molecule has 0 bridgehead atoms. The van der Waals surface area contributed by atoms with Crippen LogP contribution in [0.2, 0.25) is 0 Å². The van der Waals surface area contributed by atoms with Crippen LogP contribution in [0.25, 0.3) is 0 Å². The molecule has 1 aliphatic rings. The van der Waals surface area contributed by atoms with Crippen LogP contribution >= 0.6 is 0 Å². The van der Waals surface area contributed by atoms with Gasteiger partial charge in [-0.3, -0.25) is 4.79 Å². The van der Waals surface area contributed by atoms with Gasteiger partial charge in [0.25, 0.3) is 5.91 Å². The molecule has 4 heteroatoms. The molecule has 0 saturated heterocycles. The van der Waals surface area contributed by atoms with E-state index in [9.17, 15) is 15.0 Å². The zero-order chi connectivity index (χ0) is 13.7. The summed E-state index contributed by atoms with van der Waals surface area (Å²) >= 11 is 0. The number of carbonyl (C=O) groups is 1. The number of carbonyl (C=O) groups excluding carboxylic acids is 1. The van der Waals surface area contributed by atoms with Crippen LogP contribution in [0.3, 0.4) is 0 Å². The Kier molecular flexibility index (Phi) is 4.66. The van der Waals surface area contributed by atoms with E-state index in [1.807, 2.05) is 0 Å². The highest BCUT2D eigenvalue weighted by Gasteiger charge is 2.18. The molecule has 0 heterocycles. The topological polar surface area (TPSA) is 69.6 Å². The van der Waals surface area contributed by atoms with E-state index in [0.717, 1.165) is 25.7 Å². The van der Waals surface area contributed by atoms with Crippen molar-refractivity contribution in [2.45, 2.75) is 51.0 Å². The van der Waals surface area contributed by atoms with Crippen molar-refractivity contribution in [1.82, 2.24) is 5.32 Å². The molecule has 4 nitrogen and oxygen atoms in total. The average molecular weight is 263 g/mol. The van der Waals surface area contributed by atoms with Gasteiger partial charge in [-0.1, -0.05) is 38.2 Å². The van der Waals surface area contributed by atoms with E-state index in [0.29, 0.717) is 0 Å². The number of hydrogen-bond donors (Lipinski definition) is 3. The maximum absolute atomic E-state index is 12.1. The summed E-state index contributed by atoms with van der Waals surface area (Å²) < 4.78 is 0. The molecule has 0 aromatic heterocycles. The number of hydrogen-bond acceptors (Lipinski definition) is 3. The monoisotopic (exact) mass is 263 g/mol. The molecule has 1 fully saturated rings. The highest BCUT2D eigenvalue weighted by Crippen LogP contribution is 2.28. The molecule has 0 atom stereocenters. The second kappa shape index (κ2) is 6.45. The molecule has 2 rings (SSSR count). The van der Waals surface area contributed by atoms with E-state index in [4.69, 9.17) is 0 Å². The molecule has 1 aliphatic carbocycles. The smallest absolute Gasteiger partial charge is 0.255 e. The fourth-order valence-electron chi connectivity index (χ4n) is 2.58. The standard InChI is InChI=1S/C15H21NO3/c17-13-10-6-9-12(14(13)18)15(19)16-11-7-4-2-1-3-5-8-11/h6,9-11,17-18H,1-5,7-8H2,(H,16,19). The molecule has 1 aromatic rings. The van der Waals surface area contributed by atoms with Gasteiger partial charge in [0.15, 0.2) is 11.5 Å². The molecular formula is C15H21NO3. The first-order chi connectivity index (χ1) is 9.18. The molecule has 0 unspecified atom stereocenters.